The number of hydrogen-bond acceptors (Lipinski definition) is 9. The van der Waals surface area contributed by atoms with Crippen LogP contribution in [-0.4, -0.2) is 65.2 Å². The van der Waals surface area contributed by atoms with E-state index in [2.05, 4.69) is 50.6 Å². The Morgan fingerprint density at radius 2 is 1.58 bits per heavy atom. The molecule has 1 aliphatic rings. The Hall–Kier alpha value is -4.54. The van der Waals surface area contributed by atoms with E-state index in [1.165, 1.54) is 7.11 Å². The Balaban J connectivity index is 1.44. The number of aromatic nitrogens is 1. The second-order valence-electron chi connectivity index (χ2n) is 14.7. The normalized spacial score (nSPS) is 17.7. The highest BCUT2D eigenvalue weighted by Crippen LogP contribution is 2.44. The summed E-state index contributed by atoms with van der Waals surface area (Å²) in [5.41, 5.74) is 1.54. The van der Waals surface area contributed by atoms with Gasteiger partial charge in [-0.2, -0.15) is 4.57 Å². The molecule has 1 fully saturated rings. The molecule has 0 spiro atoms. The number of aryl methyl sites for hydroxylation is 2. The van der Waals surface area contributed by atoms with Crippen molar-refractivity contribution in [1.82, 2.24) is 4.90 Å². The third-order valence-electron chi connectivity index (χ3n) is 9.85. The van der Waals surface area contributed by atoms with E-state index >= 15 is 0 Å². The van der Waals surface area contributed by atoms with Gasteiger partial charge in [0, 0.05) is 18.9 Å². The summed E-state index contributed by atoms with van der Waals surface area (Å²) in [5, 5.41) is -0.0868. The number of sulfone groups is 1. The molecule has 1 aliphatic heterocycles. The summed E-state index contributed by atoms with van der Waals surface area (Å²) >= 11 is 0. The monoisotopic (exact) mass is 757 g/mol. The first kappa shape index (κ1) is 39.7. The van der Waals surface area contributed by atoms with E-state index < -0.39 is 36.2 Å². The van der Waals surface area contributed by atoms with Crippen molar-refractivity contribution in [2.24, 2.45) is 0 Å². The number of esters is 2. The second kappa shape index (κ2) is 17.1. The number of rotatable bonds is 15. The molecule has 0 N–H and O–H groups in total. The smallest absolute Gasteiger partial charge is 0.384 e. The number of oxazole rings is 1. The maximum Gasteiger partial charge on any atom is 0.384 e. The first-order chi connectivity index (χ1) is 25.2. The third kappa shape index (κ3) is 10.5. The van der Waals surface area contributed by atoms with Crippen LogP contribution >= 0.6 is 0 Å². The van der Waals surface area contributed by atoms with Crippen molar-refractivity contribution in [1.29, 1.82) is 0 Å². The first-order valence-electron chi connectivity index (χ1n) is 17.8. The molecule has 4 aromatic rings. The summed E-state index contributed by atoms with van der Waals surface area (Å²) < 4.78 is 52.4. The van der Waals surface area contributed by atoms with Gasteiger partial charge in [0.05, 0.1) is 23.6 Å². The van der Waals surface area contributed by atoms with Gasteiger partial charge < -0.3 is 18.3 Å². The van der Waals surface area contributed by atoms with Gasteiger partial charge in [-0.05, 0) is 54.4 Å². The molecule has 0 saturated carbocycles. The lowest BCUT2D eigenvalue weighted by molar-refractivity contribution is -0.704. The van der Waals surface area contributed by atoms with Crippen LogP contribution in [0.4, 0.5) is 0 Å². The van der Waals surface area contributed by atoms with Crippen LogP contribution in [0.15, 0.2) is 107 Å². The molecule has 53 heavy (non-hydrogen) atoms. The van der Waals surface area contributed by atoms with Gasteiger partial charge in [-0.3, -0.25) is 4.90 Å². The Kier molecular flexibility index (Phi) is 12.8. The quantitative estimate of drug-likeness (QED) is 0.0343. The van der Waals surface area contributed by atoms with Crippen LogP contribution in [0.25, 0.3) is 0 Å². The fourth-order valence-electron chi connectivity index (χ4n) is 5.75. The van der Waals surface area contributed by atoms with Gasteiger partial charge in [0.25, 0.3) is 0 Å². The van der Waals surface area contributed by atoms with Gasteiger partial charge in [-0.15, -0.1) is 0 Å². The minimum atomic E-state index is -3.60. The number of carbonyl (C=O) groups excluding carboxylic acids is 2. The van der Waals surface area contributed by atoms with E-state index in [4.69, 9.17) is 18.3 Å². The summed E-state index contributed by atoms with van der Waals surface area (Å²) in [4.78, 5) is 27.3. The topological polar surface area (TPSA) is 116 Å². The zero-order valence-corrected chi connectivity index (χ0v) is 33.1. The molecule has 0 bridgehead atoms. The predicted octanol–water partition coefficient (Wildman–Crippen LogP) is 6.32. The molecule has 1 aromatic heterocycles. The van der Waals surface area contributed by atoms with Gasteiger partial charge in [0.2, 0.25) is 6.20 Å². The lowest BCUT2D eigenvalue weighted by Gasteiger charge is -2.38. The summed E-state index contributed by atoms with van der Waals surface area (Å²) in [5.74, 6) is 5.51. The third-order valence-corrected chi connectivity index (χ3v) is 16.0. The molecule has 10 nitrogen and oxygen atoms in total. The highest BCUT2D eigenvalue weighted by atomic mass is 32.2. The van der Waals surface area contributed by atoms with Gasteiger partial charge in [0.1, 0.15) is 18.5 Å². The van der Waals surface area contributed by atoms with Gasteiger partial charge in [-0.25, -0.2) is 18.0 Å². The Bertz CT molecular complexity index is 2020. The van der Waals surface area contributed by atoms with Crippen molar-refractivity contribution in [2.45, 2.75) is 87.9 Å². The van der Waals surface area contributed by atoms with E-state index in [-0.39, 0.29) is 40.9 Å². The second-order valence-corrected chi connectivity index (χ2v) is 21.5. The van der Waals surface area contributed by atoms with Crippen molar-refractivity contribution in [2.75, 3.05) is 19.5 Å². The maximum atomic E-state index is 13.4. The number of nitrogens with zero attached hydrogens (tertiary/aromatic N) is 2. The van der Waals surface area contributed by atoms with Gasteiger partial charge in [-0.1, -0.05) is 93.4 Å². The van der Waals surface area contributed by atoms with Crippen molar-refractivity contribution < 1.29 is 40.9 Å². The number of ether oxygens (including phenoxy) is 2. The van der Waals surface area contributed by atoms with Crippen LogP contribution < -0.4 is 4.57 Å². The first-order valence-corrected chi connectivity index (χ1v) is 22.3. The molecule has 2 heterocycles. The van der Waals surface area contributed by atoms with Crippen LogP contribution in [-0.2, 0) is 48.0 Å². The molecule has 4 atom stereocenters. The Morgan fingerprint density at radius 1 is 0.962 bits per heavy atom. The summed E-state index contributed by atoms with van der Waals surface area (Å²) in [7, 11) is -4.58. The van der Waals surface area contributed by atoms with E-state index in [0.717, 1.165) is 5.56 Å². The lowest BCUT2D eigenvalue weighted by Crippen LogP contribution is -2.43. The average Bonchev–Trinajstić information content (AvgIpc) is 3.65. The molecule has 12 heteroatoms. The van der Waals surface area contributed by atoms with Crippen molar-refractivity contribution in [3.8, 4) is 11.8 Å². The predicted molar refractivity (Wildman–Crippen MR) is 203 cm³/mol. The number of benzene rings is 3. The summed E-state index contributed by atoms with van der Waals surface area (Å²) in [6.45, 7) is 11.5. The zero-order valence-electron chi connectivity index (χ0n) is 31.3. The number of hydrogen-bond donors (Lipinski definition) is 0. The van der Waals surface area contributed by atoms with Crippen molar-refractivity contribution in [3.63, 3.8) is 0 Å². The molecule has 280 valence electrons. The highest BCUT2D eigenvalue weighted by molar-refractivity contribution is 7.91. The standard InChI is InChI=1S/C41H49N2O8SSi/c1-41(2,3)53(5,6)51-33(24-25-37(44)48-4)22-23-34-29-42(26-27-52(46,47)35-20-14-9-15-21-35)39(50-34)38-36(43(38)28-31-16-10-7-11-17-31)30-49-40(45)32-18-12-8-13-19-32/h7-21,29,33,36,38H,22-23,26-28,30H2,1-6H3/q+1. The highest BCUT2D eigenvalue weighted by Gasteiger charge is 2.56. The number of methoxy groups -OCH3 is 1. The Labute approximate surface area is 314 Å². The average molecular weight is 758 g/mol. The largest absolute Gasteiger partial charge is 0.460 e. The molecule has 0 radical (unpaired) electrons. The van der Waals surface area contributed by atoms with Crippen molar-refractivity contribution >= 4 is 30.1 Å². The minimum absolute atomic E-state index is 0.0868. The van der Waals surface area contributed by atoms with E-state index in [9.17, 15) is 18.0 Å². The molecular formula is C41H49N2O8SSi+. The van der Waals surface area contributed by atoms with E-state index in [1.807, 2.05) is 47.2 Å². The van der Waals surface area contributed by atoms with Gasteiger partial charge >= 0.3 is 17.8 Å². The molecule has 4 unspecified atom stereocenters. The van der Waals surface area contributed by atoms with E-state index in [0.29, 0.717) is 36.6 Å². The molecule has 0 aliphatic carbocycles. The summed E-state index contributed by atoms with van der Waals surface area (Å²) in [6.07, 6.45) is 2.14. The molecule has 1 saturated heterocycles. The Morgan fingerprint density at radius 3 is 2.21 bits per heavy atom. The number of carbonyl (C=O) groups is 2. The van der Waals surface area contributed by atoms with Crippen LogP contribution in [0, 0.1) is 11.8 Å². The SMILES string of the molecule is COC(=O)C#CC(CCc1c[n+](CCS(=O)(=O)c2ccccc2)c(C2C(COC(=O)c3ccccc3)N2Cc2ccccc2)o1)O[Si](C)(C)C(C)(C)C. The fraction of sp³-hybridized carbons (Fsp3) is 0.390. The van der Waals surface area contributed by atoms with Crippen LogP contribution in [0.2, 0.25) is 18.1 Å². The molecular weight excluding hydrogens is 709 g/mol. The minimum Gasteiger partial charge on any atom is -0.460 e. The maximum absolute atomic E-state index is 13.4. The summed E-state index contributed by atoms with van der Waals surface area (Å²) in [6, 6.07) is 26.7. The fourth-order valence-corrected chi connectivity index (χ4v) is 8.24. The lowest BCUT2D eigenvalue weighted by atomic mass is 10.2. The van der Waals surface area contributed by atoms with Crippen LogP contribution in [0.3, 0.4) is 0 Å². The van der Waals surface area contributed by atoms with Gasteiger partial charge in [0.15, 0.2) is 36.5 Å². The molecule has 3 aromatic carbocycles. The molecule has 5 rings (SSSR count). The zero-order chi connectivity index (χ0) is 38.2. The molecule has 0 amide bonds. The van der Waals surface area contributed by atoms with Crippen molar-refractivity contribution in [3.05, 3.63) is 120 Å². The van der Waals surface area contributed by atoms with Crippen LogP contribution in [0.1, 0.15) is 60.8 Å². The van der Waals surface area contributed by atoms with Crippen LogP contribution in [0.5, 0.6) is 0 Å². The van der Waals surface area contributed by atoms with E-state index in [1.54, 1.807) is 54.6 Å².